The number of fused-ring (bicyclic) bond motifs is 2. The van der Waals surface area contributed by atoms with Crippen molar-refractivity contribution in [2.45, 2.75) is 25.9 Å². The van der Waals surface area contributed by atoms with Gasteiger partial charge in [0, 0.05) is 31.6 Å². The highest BCUT2D eigenvalue weighted by molar-refractivity contribution is 6.28. The summed E-state index contributed by atoms with van der Waals surface area (Å²) in [6, 6.07) is 8.58. The second-order valence-electron chi connectivity index (χ2n) is 5.62. The van der Waals surface area contributed by atoms with E-state index < -0.39 is 0 Å². The molecule has 0 unspecified atom stereocenters. The normalized spacial score (nSPS) is 17.3. The van der Waals surface area contributed by atoms with Crippen LogP contribution in [0.1, 0.15) is 22.4 Å². The van der Waals surface area contributed by atoms with Crippen molar-refractivity contribution in [3.8, 4) is 0 Å². The van der Waals surface area contributed by atoms with E-state index in [0.29, 0.717) is 5.28 Å². The standard InChI is InChI=1S/C16H17ClN4/c17-16-19-14-6-8-18-7-5-13(14)15(20-16)21-9-11-3-1-2-4-12(11)10-21/h1-4,18H,5-10H2. The lowest BCUT2D eigenvalue weighted by Gasteiger charge is -2.21. The largest absolute Gasteiger partial charge is 0.348 e. The van der Waals surface area contributed by atoms with E-state index in [0.717, 1.165) is 50.5 Å². The van der Waals surface area contributed by atoms with Gasteiger partial charge in [-0.25, -0.2) is 9.97 Å². The molecule has 108 valence electrons. The minimum Gasteiger partial charge on any atom is -0.348 e. The van der Waals surface area contributed by atoms with Crippen LogP contribution in [-0.4, -0.2) is 23.1 Å². The monoisotopic (exact) mass is 300 g/mol. The summed E-state index contributed by atoms with van der Waals surface area (Å²) in [7, 11) is 0. The zero-order valence-corrected chi connectivity index (χ0v) is 12.5. The maximum absolute atomic E-state index is 6.16. The van der Waals surface area contributed by atoms with Crippen molar-refractivity contribution in [3.63, 3.8) is 0 Å². The summed E-state index contributed by atoms with van der Waals surface area (Å²) in [6.07, 6.45) is 1.89. The number of halogens is 1. The van der Waals surface area contributed by atoms with Gasteiger partial charge in [-0.2, -0.15) is 0 Å². The first-order valence-electron chi connectivity index (χ1n) is 7.39. The molecule has 0 fully saturated rings. The molecular weight excluding hydrogens is 284 g/mol. The molecule has 0 radical (unpaired) electrons. The van der Waals surface area contributed by atoms with E-state index in [1.807, 2.05) is 0 Å². The molecule has 4 rings (SSSR count). The van der Waals surface area contributed by atoms with Gasteiger partial charge in [-0.3, -0.25) is 0 Å². The van der Waals surface area contributed by atoms with Crippen LogP contribution >= 0.6 is 11.6 Å². The van der Waals surface area contributed by atoms with Crippen LogP contribution in [0.15, 0.2) is 24.3 Å². The van der Waals surface area contributed by atoms with Crippen LogP contribution in [0.25, 0.3) is 0 Å². The molecule has 0 aliphatic carbocycles. The molecule has 3 heterocycles. The summed E-state index contributed by atoms with van der Waals surface area (Å²) in [4.78, 5) is 11.3. The minimum absolute atomic E-state index is 0.363. The molecule has 0 saturated carbocycles. The van der Waals surface area contributed by atoms with Gasteiger partial charge in [0.25, 0.3) is 0 Å². The Hall–Kier alpha value is -1.65. The second kappa shape index (κ2) is 5.28. The van der Waals surface area contributed by atoms with Crippen molar-refractivity contribution < 1.29 is 0 Å². The van der Waals surface area contributed by atoms with E-state index in [2.05, 4.69) is 44.5 Å². The minimum atomic E-state index is 0.363. The highest BCUT2D eigenvalue weighted by Gasteiger charge is 2.25. The van der Waals surface area contributed by atoms with E-state index in [1.165, 1.54) is 16.7 Å². The van der Waals surface area contributed by atoms with E-state index in [9.17, 15) is 0 Å². The van der Waals surface area contributed by atoms with Crippen molar-refractivity contribution in [2.24, 2.45) is 0 Å². The molecule has 0 spiro atoms. The summed E-state index contributed by atoms with van der Waals surface area (Å²) in [5.41, 5.74) is 5.13. The fourth-order valence-electron chi connectivity index (χ4n) is 3.24. The predicted octanol–water partition coefficient (Wildman–Crippen LogP) is 2.34. The molecular formula is C16H17ClN4. The van der Waals surface area contributed by atoms with Gasteiger partial charge in [-0.1, -0.05) is 24.3 Å². The third kappa shape index (κ3) is 2.39. The van der Waals surface area contributed by atoms with Crippen LogP contribution in [0.3, 0.4) is 0 Å². The van der Waals surface area contributed by atoms with Gasteiger partial charge in [0.1, 0.15) is 5.82 Å². The zero-order chi connectivity index (χ0) is 14.2. The topological polar surface area (TPSA) is 41.1 Å². The summed E-state index contributed by atoms with van der Waals surface area (Å²) >= 11 is 6.16. The highest BCUT2D eigenvalue weighted by Crippen LogP contribution is 2.31. The molecule has 2 aliphatic rings. The van der Waals surface area contributed by atoms with E-state index >= 15 is 0 Å². The average molecular weight is 301 g/mol. The maximum Gasteiger partial charge on any atom is 0.224 e. The number of nitrogens with one attached hydrogen (secondary N) is 1. The third-order valence-electron chi connectivity index (χ3n) is 4.27. The molecule has 1 N–H and O–H groups in total. The third-order valence-corrected chi connectivity index (χ3v) is 4.44. The van der Waals surface area contributed by atoms with Gasteiger partial charge in [-0.05, 0) is 35.7 Å². The lowest BCUT2D eigenvalue weighted by atomic mass is 10.1. The summed E-state index contributed by atoms with van der Waals surface area (Å²) in [5, 5.41) is 3.78. The maximum atomic E-state index is 6.16. The molecule has 0 atom stereocenters. The van der Waals surface area contributed by atoms with Gasteiger partial charge in [0.15, 0.2) is 0 Å². The predicted molar refractivity (Wildman–Crippen MR) is 83.6 cm³/mol. The van der Waals surface area contributed by atoms with Gasteiger partial charge in [-0.15, -0.1) is 0 Å². The number of hydrogen-bond donors (Lipinski definition) is 1. The van der Waals surface area contributed by atoms with Crippen LogP contribution in [0.2, 0.25) is 5.28 Å². The van der Waals surface area contributed by atoms with Crippen LogP contribution in [-0.2, 0) is 25.9 Å². The van der Waals surface area contributed by atoms with Gasteiger partial charge in [0.2, 0.25) is 5.28 Å². The quantitative estimate of drug-likeness (QED) is 0.821. The second-order valence-corrected chi connectivity index (χ2v) is 5.95. The van der Waals surface area contributed by atoms with E-state index in [4.69, 9.17) is 11.6 Å². The Morgan fingerprint density at radius 1 is 1.00 bits per heavy atom. The van der Waals surface area contributed by atoms with Gasteiger partial charge in [0.05, 0.1) is 5.69 Å². The number of aromatic nitrogens is 2. The van der Waals surface area contributed by atoms with Crippen LogP contribution in [0, 0.1) is 0 Å². The Morgan fingerprint density at radius 2 is 1.71 bits per heavy atom. The Balaban J connectivity index is 1.74. The first-order chi connectivity index (χ1) is 10.3. The number of hydrogen-bond acceptors (Lipinski definition) is 4. The van der Waals surface area contributed by atoms with Crippen LogP contribution < -0.4 is 10.2 Å². The van der Waals surface area contributed by atoms with Gasteiger partial charge >= 0.3 is 0 Å². The van der Waals surface area contributed by atoms with Crippen molar-refractivity contribution in [1.82, 2.24) is 15.3 Å². The molecule has 21 heavy (non-hydrogen) atoms. The molecule has 1 aromatic heterocycles. The fourth-order valence-corrected chi connectivity index (χ4v) is 3.42. The summed E-state index contributed by atoms with van der Waals surface area (Å²) in [6.45, 7) is 3.75. The Bertz CT molecular complexity index is 661. The number of anilines is 1. The lowest BCUT2D eigenvalue weighted by Crippen LogP contribution is -2.20. The molecule has 5 heteroatoms. The average Bonchev–Trinajstić information content (AvgIpc) is 2.78. The molecule has 2 aromatic rings. The Kier molecular flexibility index (Phi) is 3.28. The smallest absolute Gasteiger partial charge is 0.224 e. The van der Waals surface area contributed by atoms with Crippen molar-refractivity contribution in [1.29, 1.82) is 0 Å². The summed E-state index contributed by atoms with van der Waals surface area (Å²) in [5.74, 6) is 1.02. The van der Waals surface area contributed by atoms with Crippen molar-refractivity contribution in [2.75, 3.05) is 18.0 Å². The SMILES string of the molecule is Clc1nc2c(c(N3Cc4ccccc4C3)n1)CCNCC2. The highest BCUT2D eigenvalue weighted by atomic mass is 35.5. The molecule has 0 bridgehead atoms. The molecule has 1 aromatic carbocycles. The zero-order valence-electron chi connectivity index (χ0n) is 11.8. The Morgan fingerprint density at radius 3 is 2.48 bits per heavy atom. The number of benzene rings is 1. The molecule has 0 saturated heterocycles. The van der Waals surface area contributed by atoms with Gasteiger partial charge < -0.3 is 10.2 Å². The lowest BCUT2D eigenvalue weighted by molar-refractivity contribution is 0.708. The first-order valence-corrected chi connectivity index (χ1v) is 7.77. The molecule has 0 amide bonds. The number of rotatable bonds is 1. The van der Waals surface area contributed by atoms with Crippen LogP contribution in [0.4, 0.5) is 5.82 Å². The van der Waals surface area contributed by atoms with E-state index in [1.54, 1.807) is 0 Å². The first kappa shape index (κ1) is 13.0. The Labute approximate surface area is 129 Å². The van der Waals surface area contributed by atoms with E-state index in [-0.39, 0.29) is 0 Å². The van der Waals surface area contributed by atoms with Crippen molar-refractivity contribution >= 4 is 17.4 Å². The summed E-state index contributed by atoms with van der Waals surface area (Å²) < 4.78 is 0. The molecule has 2 aliphatic heterocycles. The van der Waals surface area contributed by atoms with Crippen molar-refractivity contribution in [3.05, 3.63) is 51.9 Å². The number of nitrogens with zero attached hydrogens (tertiary/aromatic N) is 3. The molecule has 4 nitrogen and oxygen atoms in total. The van der Waals surface area contributed by atoms with Crippen LogP contribution in [0.5, 0.6) is 0 Å². The fraction of sp³-hybridized carbons (Fsp3) is 0.375.